The molecule has 3 N–H and O–H groups in total. The highest BCUT2D eigenvalue weighted by molar-refractivity contribution is 14.0. The first kappa shape index (κ1) is 22.3. The number of nitrogens with one attached hydrogen (secondary N) is 1. The third kappa shape index (κ3) is 9.88. The van der Waals surface area contributed by atoms with E-state index in [4.69, 9.17) is 10.5 Å². The van der Waals surface area contributed by atoms with Crippen molar-refractivity contribution in [3.8, 4) is 0 Å². The van der Waals surface area contributed by atoms with Gasteiger partial charge in [0, 0.05) is 19.6 Å². The first-order valence-electron chi connectivity index (χ1n) is 8.26. The average molecular weight is 440 g/mol. The molecule has 6 nitrogen and oxygen atoms in total. The molecule has 0 aromatic rings. The van der Waals surface area contributed by atoms with E-state index >= 15 is 0 Å². The number of hydrogen-bond donors (Lipinski definition) is 2. The molecule has 1 atom stereocenters. The van der Waals surface area contributed by atoms with Crippen LogP contribution in [-0.4, -0.2) is 48.2 Å². The van der Waals surface area contributed by atoms with Crippen LogP contribution < -0.4 is 11.1 Å². The van der Waals surface area contributed by atoms with E-state index in [0.717, 1.165) is 19.3 Å². The molecule has 0 heterocycles. The Morgan fingerprint density at radius 1 is 1.43 bits per heavy atom. The van der Waals surface area contributed by atoms with Gasteiger partial charge in [0.15, 0.2) is 5.96 Å². The molecule has 0 aromatic carbocycles. The molecule has 1 amide bonds. The number of rotatable bonds is 7. The van der Waals surface area contributed by atoms with Crippen molar-refractivity contribution in [2.24, 2.45) is 10.7 Å². The molecular formula is C16H33IN4O2. The van der Waals surface area contributed by atoms with Gasteiger partial charge in [0.25, 0.3) is 0 Å². The van der Waals surface area contributed by atoms with Gasteiger partial charge in [0.1, 0.15) is 5.60 Å². The van der Waals surface area contributed by atoms with Crippen LogP contribution in [0.3, 0.4) is 0 Å². The van der Waals surface area contributed by atoms with Crippen LogP contribution in [0.2, 0.25) is 0 Å². The van der Waals surface area contributed by atoms with Gasteiger partial charge in [-0.3, -0.25) is 0 Å². The second-order valence-electron chi connectivity index (χ2n) is 7.01. The number of carbonyl (C=O) groups excluding carboxylic acids is 1. The number of aliphatic imine (C=N–C) groups is 1. The van der Waals surface area contributed by atoms with Gasteiger partial charge >= 0.3 is 6.09 Å². The van der Waals surface area contributed by atoms with E-state index in [1.165, 1.54) is 12.8 Å². The number of nitrogens with two attached hydrogens (primary N) is 1. The van der Waals surface area contributed by atoms with Crippen LogP contribution in [-0.2, 0) is 4.74 Å². The number of amides is 1. The highest BCUT2D eigenvalue weighted by Gasteiger charge is 2.27. The highest BCUT2D eigenvalue weighted by atomic mass is 127. The molecule has 0 aliphatic heterocycles. The maximum absolute atomic E-state index is 11.8. The van der Waals surface area contributed by atoms with Gasteiger partial charge < -0.3 is 20.7 Å². The fourth-order valence-electron chi connectivity index (χ4n) is 2.09. The Kier molecular flexibility index (Phi) is 9.88. The van der Waals surface area contributed by atoms with E-state index in [2.05, 4.69) is 17.2 Å². The minimum atomic E-state index is -0.489. The van der Waals surface area contributed by atoms with Crippen LogP contribution in [0.15, 0.2) is 4.99 Å². The van der Waals surface area contributed by atoms with Crippen molar-refractivity contribution in [2.45, 2.75) is 77.5 Å². The molecule has 0 bridgehead atoms. The molecule has 0 aromatic heterocycles. The SMILES string of the molecule is CCCCC(CNC(=O)OC(C)(C)C)N=C(N)N(C)C1CC1.I. The van der Waals surface area contributed by atoms with Crippen LogP contribution in [0.25, 0.3) is 0 Å². The topological polar surface area (TPSA) is 79.9 Å². The lowest BCUT2D eigenvalue weighted by Crippen LogP contribution is -2.40. The third-order valence-corrected chi connectivity index (χ3v) is 3.54. The lowest BCUT2D eigenvalue weighted by atomic mass is 10.1. The van der Waals surface area contributed by atoms with Crippen LogP contribution in [0.4, 0.5) is 4.79 Å². The number of guanidine groups is 1. The van der Waals surface area contributed by atoms with Crippen LogP contribution in [0, 0.1) is 0 Å². The van der Waals surface area contributed by atoms with Crippen molar-refractivity contribution in [1.29, 1.82) is 0 Å². The van der Waals surface area contributed by atoms with E-state index in [0.29, 0.717) is 18.5 Å². The summed E-state index contributed by atoms with van der Waals surface area (Å²) < 4.78 is 5.25. The molecular weight excluding hydrogens is 407 g/mol. The van der Waals surface area contributed by atoms with Gasteiger partial charge in [0.05, 0.1) is 6.04 Å². The minimum absolute atomic E-state index is 0. The number of ether oxygens (including phenoxy) is 1. The fourth-order valence-corrected chi connectivity index (χ4v) is 2.09. The largest absolute Gasteiger partial charge is 0.444 e. The smallest absolute Gasteiger partial charge is 0.407 e. The van der Waals surface area contributed by atoms with Crippen molar-refractivity contribution in [3.05, 3.63) is 0 Å². The summed E-state index contributed by atoms with van der Waals surface area (Å²) in [4.78, 5) is 18.4. The second-order valence-corrected chi connectivity index (χ2v) is 7.01. The molecule has 1 saturated carbocycles. The maximum atomic E-state index is 11.8. The number of unbranched alkanes of at least 4 members (excludes halogenated alkanes) is 1. The van der Waals surface area contributed by atoms with Gasteiger partial charge in [-0.1, -0.05) is 19.8 Å². The zero-order chi connectivity index (χ0) is 16.8. The van der Waals surface area contributed by atoms with Crippen molar-refractivity contribution < 1.29 is 9.53 Å². The first-order valence-corrected chi connectivity index (χ1v) is 8.26. The predicted molar refractivity (Wildman–Crippen MR) is 105 cm³/mol. The molecule has 1 fully saturated rings. The summed E-state index contributed by atoms with van der Waals surface area (Å²) in [5.74, 6) is 0.564. The Bertz CT molecular complexity index is 392. The van der Waals surface area contributed by atoms with Crippen LogP contribution >= 0.6 is 24.0 Å². The molecule has 1 unspecified atom stereocenters. The lowest BCUT2D eigenvalue weighted by molar-refractivity contribution is 0.0524. The lowest BCUT2D eigenvalue weighted by Gasteiger charge is -2.22. The number of alkyl carbamates (subject to hydrolysis) is 1. The monoisotopic (exact) mass is 440 g/mol. The quantitative estimate of drug-likeness (QED) is 0.362. The van der Waals surface area contributed by atoms with Crippen LogP contribution in [0.5, 0.6) is 0 Å². The van der Waals surface area contributed by atoms with Crippen molar-refractivity contribution >= 4 is 36.0 Å². The molecule has 1 aliphatic rings. The summed E-state index contributed by atoms with van der Waals surface area (Å²) >= 11 is 0. The van der Waals surface area contributed by atoms with E-state index in [-0.39, 0.29) is 30.0 Å². The minimum Gasteiger partial charge on any atom is -0.444 e. The molecule has 0 radical (unpaired) electrons. The Morgan fingerprint density at radius 3 is 2.52 bits per heavy atom. The Hall–Kier alpha value is -0.730. The zero-order valence-corrected chi connectivity index (χ0v) is 17.4. The first-order chi connectivity index (χ1) is 10.2. The van der Waals surface area contributed by atoms with E-state index in [1.807, 2.05) is 32.7 Å². The third-order valence-electron chi connectivity index (χ3n) is 3.54. The molecule has 23 heavy (non-hydrogen) atoms. The van der Waals surface area contributed by atoms with Crippen molar-refractivity contribution in [1.82, 2.24) is 10.2 Å². The number of halogens is 1. The fraction of sp³-hybridized carbons (Fsp3) is 0.875. The number of carbonyl (C=O) groups is 1. The summed E-state index contributed by atoms with van der Waals surface area (Å²) in [6, 6.07) is 0.531. The van der Waals surface area contributed by atoms with Crippen LogP contribution in [0.1, 0.15) is 59.8 Å². The molecule has 1 aliphatic carbocycles. The summed E-state index contributed by atoms with van der Waals surface area (Å²) in [6.45, 7) is 8.14. The standard InChI is InChI=1S/C16H32N4O2.HI/c1-6-7-8-12(11-18-15(21)22-16(2,3)4)19-14(17)20(5)13-9-10-13;/h12-13H,6-11H2,1-5H3,(H2,17,19)(H,18,21);1H. The molecule has 1 rings (SSSR count). The summed E-state index contributed by atoms with van der Waals surface area (Å²) in [7, 11) is 1.98. The normalized spacial score (nSPS) is 16.3. The number of nitrogens with zero attached hydrogens (tertiary/aromatic N) is 2. The predicted octanol–water partition coefficient (Wildman–Crippen LogP) is 3.10. The molecule has 7 heteroatoms. The Labute approximate surface area is 157 Å². The average Bonchev–Trinajstić information content (AvgIpc) is 3.23. The van der Waals surface area contributed by atoms with E-state index in [1.54, 1.807) is 0 Å². The van der Waals surface area contributed by atoms with E-state index < -0.39 is 11.7 Å². The van der Waals surface area contributed by atoms with Gasteiger partial charge in [-0.25, -0.2) is 9.79 Å². The summed E-state index contributed by atoms with van der Waals surface area (Å²) in [6.07, 6.45) is 5.02. The van der Waals surface area contributed by atoms with E-state index in [9.17, 15) is 4.79 Å². The van der Waals surface area contributed by atoms with Gasteiger partial charge in [-0.15, -0.1) is 24.0 Å². The summed E-state index contributed by atoms with van der Waals surface area (Å²) in [5.41, 5.74) is 5.58. The molecule has 0 spiro atoms. The zero-order valence-electron chi connectivity index (χ0n) is 15.1. The second kappa shape index (κ2) is 10.2. The van der Waals surface area contributed by atoms with Crippen molar-refractivity contribution in [2.75, 3.05) is 13.6 Å². The van der Waals surface area contributed by atoms with Gasteiger partial charge in [-0.2, -0.15) is 0 Å². The van der Waals surface area contributed by atoms with Gasteiger partial charge in [-0.05, 0) is 40.0 Å². The molecule has 136 valence electrons. The number of hydrogen-bond acceptors (Lipinski definition) is 3. The van der Waals surface area contributed by atoms with Crippen molar-refractivity contribution in [3.63, 3.8) is 0 Å². The van der Waals surface area contributed by atoms with Gasteiger partial charge in [0.2, 0.25) is 0 Å². The maximum Gasteiger partial charge on any atom is 0.407 e. The molecule has 0 saturated heterocycles. The Morgan fingerprint density at radius 2 is 2.04 bits per heavy atom. The summed E-state index contributed by atoms with van der Waals surface area (Å²) in [5, 5.41) is 2.80. The Balaban J connectivity index is 0.00000484. The highest BCUT2D eigenvalue weighted by Crippen LogP contribution is 2.25.